The molecule has 4 heteroatoms. The molecule has 0 atom stereocenters. The van der Waals surface area contributed by atoms with Crippen LogP contribution in [0.4, 0.5) is 0 Å². The van der Waals surface area contributed by atoms with E-state index in [4.69, 9.17) is 15.0 Å². The van der Waals surface area contributed by atoms with Crippen LogP contribution >= 0.6 is 11.3 Å². The minimum absolute atomic E-state index is 0.699. The molecule has 0 amide bonds. The van der Waals surface area contributed by atoms with Gasteiger partial charge in [-0.3, -0.25) is 0 Å². The lowest BCUT2D eigenvalue weighted by atomic mass is 9.99. The van der Waals surface area contributed by atoms with Gasteiger partial charge in [0.05, 0.1) is 22.4 Å². The maximum absolute atomic E-state index is 5.24. The molecule has 0 spiro atoms. The molecule has 0 aliphatic rings. The quantitative estimate of drug-likeness (QED) is 0.204. The molecule has 9 rings (SSSR count). The zero-order valence-corrected chi connectivity index (χ0v) is 25.0. The molecule has 0 aliphatic heterocycles. The second-order valence-corrected chi connectivity index (χ2v) is 12.3. The molecule has 0 unspecified atom stereocenters. The molecule has 0 aliphatic carbocycles. The first-order valence-electron chi connectivity index (χ1n) is 15.0. The highest BCUT2D eigenvalue weighted by Crippen LogP contribution is 2.43. The van der Waals surface area contributed by atoms with E-state index in [-0.39, 0.29) is 0 Å². The molecule has 0 N–H and O–H groups in total. The predicted octanol–water partition coefficient (Wildman–Crippen LogP) is 11.2. The zero-order chi connectivity index (χ0) is 29.7. The molecule has 0 bridgehead atoms. The van der Waals surface area contributed by atoms with Crippen molar-refractivity contribution in [1.29, 1.82) is 0 Å². The smallest absolute Gasteiger partial charge is 0.160 e. The number of pyridine rings is 1. The third-order valence-electron chi connectivity index (χ3n) is 8.48. The van der Waals surface area contributed by atoms with Crippen LogP contribution in [-0.4, -0.2) is 15.0 Å². The number of para-hydroxylation sites is 2. The van der Waals surface area contributed by atoms with E-state index in [2.05, 4.69) is 140 Å². The number of nitrogens with zero attached hydrogens (tertiary/aromatic N) is 3. The summed E-state index contributed by atoms with van der Waals surface area (Å²) >= 11 is 1.84. The highest BCUT2D eigenvalue weighted by molar-refractivity contribution is 7.26. The minimum Gasteiger partial charge on any atom is -0.247 e. The van der Waals surface area contributed by atoms with Gasteiger partial charge in [0, 0.05) is 47.6 Å². The number of aromatic nitrogens is 3. The SMILES string of the molecule is c1ccc(-c2ccc(-c3nc(-c4cccc(-c5nc6ccccc6c6sc7ccccc7c56)c4)nc4ccccc34)cc2)cc1. The second-order valence-electron chi connectivity index (χ2n) is 11.2. The van der Waals surface area contributed by atoms with E-state index in [1.807, 2.05) is 23.5 Å². The van der Waals surface area contributed by atoms with Gasteiger partial charge in [-0.2, -0.15) is 0 Å². The summed E-state index contributed by atoms with van der Waals surface area (Å²) in [6.07, 6.45) is 0. The molecule has 3 heterocycles. The summed E-state index contributed by atoms with van der Waals surface area (Å²) in [4.78, 5) is 15.5. The van der Waals surface area contributed by atoms with Gasteiger partial charge < -0.3 is 0 Å². The van der Waals surface area contributed by atoms with E-state index in [1.165, 1.54) is 36.7 Å². The van der Waals surface area contributed by atoms with Crippen LogP contribution in [0.5, 0.6) is 0 Å². The van der Waals surface area contributed by atoms with Gasteiger partial charge in [-0.15, -0.1) is 11.3 Å². The maximum Gasteiger partial charge on any atom is 0.160 e. The Balaban J connectivity index is 1.22. The summed E-state index contributed by atoms with van der Waals surface area (Å²) in [6.45, 7) is 0. The van der Waals surface area contributed by atoms with E-state index in [1.54, 1.807) is 0 Å². The van der Waals surface area contributed by atoms with Crippen LogP contribution in [0.1, 0.15) is 0 Å². The van der Waals surface area contributed by atoms with Crippen molar-refractivity contribution < 1.29 is 0 Å². The molecule has 0 fully saturated rings. The van der Waals surface area contributed by atoms with Gasteiger partial charge in [-0.25, -0.2) is 15.0 Å². The normalized spacial score (nSPS) is 11.6. The van der Waals surface area contributed by atoms with Crippen molar-refractivity contribution in [3.05, 3.63) is 152 Å². The number of rotatable bonds is 4. The Labute approximate surface area is 264 Å². The lowest BCUT2D eigenvalue weighted by molar-refractivity contribution is 1.23. The van der Waals surface area contributed by atoms with Crippen LogP contribution in [0.3, 0.4) is 0 Å². The standard InChI is InChI=1S/C41H25N3S/c1-2-11-26(12-3-1)27-21-23-28(24-22-27)38-31-15-4-7-18-34(31)43-41(44-38)30-14-10-13-29(25-30)39-37-33-17-6-9-20-36(33)45-40(37)32-16-5-8-19-35(32)42-39/h1-25H. The highest BCUT2D eigenvalue weighted by atomic mass is 32.1. The molecule has 6 aromatic carbocycles. The molecule has 3 nitrogen and oxygen atoms in total. The van der Waals surface area contributed by atoms with Crippen molar-refractivity contribution in [2.75, 3.05) is 0 Å². The number of benzene rings is 6. The zero-order valence-electron chi connectivity index (χ0n) is 24.2. The summed E-state index contributed by atoms with van der Waals surface area (Å²) in [5.74, 6) is 0.699. The molecular formula is C41H25N3S. The van der Waals surface area contributed by atoms with E-state index >= 15 is 0 Å². The van der Waals surface area contributed by atoms with Gasteiger partial charge in [0.25, 0.3) is 0 Å². The van der Waals surface area contributed by atoms with Gasteiger partial charge in [-0.05, 0) is 35.4 Å². The number of thiophene rings is 1. The first-order chi connectivity index (χ1) is 22.3. The summed E-state index contributed by atoms with van der Waals surface area (Å²) in [6, 6.07) is 53.0. The Hall–Kier alpha value is -5.71. The van der Waals surface area contributed by atoms with Crippen molar-refractivity contribution in [3.63, 3.8) is 0 Å². The van der Waals surface area contributed by atoms with E-state index in [0.717, 1.165) is 44.5 Å². The van der Waals surface area contributed by atoms with Gasteiger partial charge >= 0.3 is 0 Å². The molecular weight excluding hydrogens is 567 g/mol. The summed E-state index contributed by atoms with van der Waals surface area (Å²) < 4.78 is 2.54. The average Bonchev–Trinajstić information content (AvgIpc) is 3.51. The van der Waals surface area contributed by atoms with E-state index in [9.17, 15) is 0 Å². The fourth-order valence-electron chi connectivity index (χ4n) is 6.30. The van der Waals surface area contributed by atoms with Crippen LogP contribution in [0.2, 0.25) is 0 Å². The molecule has 45 heavy (non-hydrogen) atoms. The Morgan fingerprint density at radius 1 is 0.378 bits per heavy atom. The van der Waals surface area contributed by atoms with Crippen LogP contribution in [0.25, 0.3) is 87.0 Å². The first-order valence-corrected chi connectivity index (χ1v) is 15.9. The lowest BCUT2D eigenvalue weighted by Gasteiger charge is -2.12. The number of fused-ring (bicyclic) bond motifs is 6. The summed E-state index contributed by atoms with van der Waals surface area (Å²) in [5.41, 5.74) is 9.29. The molecule has 9 aromatic rings. The second kappa shape index (κ2) is 10.5. The molecule has 0 saturated carbocycles. The molecule has 0 radical (unpaired) electrons. The molecule has 3 aromatic heterocycles. The topological polar surface area (TPSA) is 38.7 Å². The third kappa shape index (κ3) is 4.38. The highest BCUT2D eigenvalue weighted by Gasteiger charge is 2.17. The van der Waals surface area contributed by atoms with E-state index in [0.29, 0.717) is 5.82 Å². The van der Waals surface area contributed by atoms with E-state index < -0.39 is 0 Å². The Morgan fingerprint density at radius 2 is 0.978 bits per heavy atom. The van der Waals surface area contributed by atoms with Gasteiger partial charge in [0.15, 0.2) is 5.82 Å². The predicted molar refractivity (Wildman–Crippen MR) is 189 cm³/mol. The summed E-state index contributed by atoms with van der Waals surface area (Å²) in [7, 11) is 0. The van der Waals surface area contributed by atoms with Crippen molar-refractivity contribution in [2.45, 2.75) is 0 Å². The monoisotopic (exact) mass is 591 g/mol. The van der Waals surface area contributed by atoms with Crippen molar-refractivity contribution in [1.82, 2.24) is 15.0 Å². The molecule has 210 valence electrons. The van der Waals surface area contributed by atoms with Crippen LogP contribution in [0.15, 0.2) is 152 Å². The number of hydrogen-bond donors (Lipinski definition) is 0. The Bertz CT molecular complexity index is 2530. The van der Waals surface area contributed by atoms with Gasteiger partial charge in [-0.1, -0.05) is 127 Å². The lowest BCUT2D eigenvalue weighted by Crippen LogP contribution is -1.96. The summed E-state index contributed by atoms with van der Waals surface area (Å²) in [5, 5.41) is 4.66. The fourth-order valence-corrected chi connectivity index (χ4v) is 7.54. The van der Waals surface area contributed by atoms with Crippen molar-refractivity contribution >= 4 is 53.3 Å². The van der Waals surface area contributed by atoms with Crippen LogP contribution in [0, 0.1) is 0 Å². The minimum atomic E-state index is 0.699. The largest absolute Gasteiger partial charge is 0.247 e. The average molecular weight is 592 g/mol. The van der Waals surface area contributed by atoms with Gasteiger partial charge in [0.2, 0.25) is 0 Å². The van der Waals surface area contributed by atoms with Crippen LogP contribution < -0.4 is 0 Å². The number of hydrogen-bond acceptors (Lipinski definition) is 4. The third-order valence-corrected chi connectivity index (χ3v) is 9.68. The van der Waals surface area contributed by atoms with Crippen molar-refractivity contribution in [3.8, 4) is 45.0 Å². The Kier molecular flexibility index (Phi) is 6.00. The van der Waals surface area contributed by atoms with Crippen LogP contribution in [-0.2, 0) is 0 Å². The van der Waals surface area contributed by atoms with Gasteiger partial charge in [0.1, 0.15) is 0 Å². The molecule has 0 saturated heterocycles. The maximum atomic E-state index is 5.24. The first kappa shape index (κ1) is 25.8. The van der Waals surface area contributed by atoms with Crippen molar-refractivity contribution in [2.24, 2.45) is 0 Å². The Morgan fingerprint density at radius 3 is 1.80 bits per heavy atom. The fraction of sp³-hybridized carbons (Fsp3) is 0.